The molecular formula is C21H35NO3. The van der Waals surface area contributed by atoms with Crippen molar-refractivity contribution in [2.45, 2.75) is 60.0 Å². The Bertz CT molecular complexity index is 513. The van der Waals surface area contributed by atoms with Crippen LogP contribution in [0.25, 0.3) is 0 Å². The van der Waals surface area contributed by atoms with Crippen molar-refractivity contribution >= 4 is 6.09 Å². The van der Waals surface area contributed by atoms with Crippen molar-refractivity contribution in [1.29, 1.82) is 0 Å². The smallest absolute Gasteiger partial charge is 0.407 e. The first kappa shape index (κ1) is 20.0. The van der Waals surface area contributed by atoms with Gasteiger partial charge in [-0.1, -0.05) is 57.4 Å². The van der Waals surface area contributed by atoms with Crippen LogP contribution in [0.15, 0.2) is 23.8 Å². The first-order chi connectivity index (χ1) is 12.0. The van der Waals surface area contributed by atoms with E-state index in [1.807, 2.05) is 6.92 Å². The van der Waals surface area contributed by atoms with E-state index in [4.69, 9.17) is 9.47 Å². The van der Waals surface area contributed by atoms with Crippen molar-refractivity contribution in [1.82, 2.24) is 5.32 Å². The number of allylic oxidation sites excluding steroid dienone is 2. The van der Waals surface area contributed by atoms with Gasteiger partial charge in [0.05, 0.1) is 12.7 Å². The predicted molar refractivity (Wildman–Crippen MR) is 101 cm³/mol. The van der Waals surface area contributed by atoms with Crippen molar-refractivity contribution in [3.8, 4) is 0 Å². The minimum absolute atomic E-state index is 0.125. The number of hydrogen-bond acceptors (Lipinski definition) is 3. The molecule has 0 aromatic heterocycles. The highest BCUT2D eigenvalue weighted by Crippen LogP contribution is 2.52. The third-order valence-electron chi connectivity index (χ3n) is 6.19. The van der Waals surface area contributed by atoms with Crippen molar-refractivity contribution in [2.24, 2.45) is 23.2 Å². The highest BCUT2D eigenvalue weighted by atomic mass is 16.6. The quantitative estimate of drug-likeness (QED) is 0.535. The third-order valence-corrected chi connectivity index (χ3v) is 6.19. The first-order valence-electron chi connectivity index (χ1n) is 9.79. The number of alkyl carbamates (subject to hydrolysis) is 1. The van der Waals surface area contributed by atoms with Crippen molar-refractivity contribution in [3.63, 3.8) is 0 Å². The fraction of sp³-hybridized carbons (Fsp3) is 0.762. The van der Waals surface area contributed by atoms with Gasteiger partial charge >= 0.3 is 6.09 Å². The largest absolute Gasteiger partial charge is 0.449 e. The molecule has 1 amide bonds. The van der Waals surface area contributed by atoms with Gasteiger partial charge < -0.3 is 14.8 Å². The Morgan fingerprint density at radius 1 is 1.44 bits per heavy atom. The molecule has 1 heterocycles. The Morgan fingerprint density at radius 3 is 2.88 bits per heavy atom. The molecule has 142 valence electrons. The number of amides is 1. The summed E-state index contributed by atoms with van der Waals surface area (Å²) in [4.78, 5) is 12.1. The topological polar surface area (TPSA) is 47.6 Å². The number of rotatable bonds is 7. The monoisotopic (exact) mass is 349 g/mol. The molecule has 2 bridgehead atoms. The molecule has 5 atom stereocenters. The van der Waals surface area contributed by atoms with Gasteiger partial charge in [0.15, 0.2) is 0 Å². The van der Waals surface area contributed by atoms with E-state index in [0.29, 0.717) is 37.5 Å². The maximum atomic E-state index is 12.1. The molecule has 0 saturated carbocycles. The van der Waals surface area contributed by atoms with Crippen LogP contribution in [0.3, 0.4) is 0 Å². The highest BCUT2D eigenvalue weighted by Gasteiger charge is 2.53. The molecule has 1 saturated heterocycles. The van der Waals surface area contributed by atoms with Crippen LogP contribution in [0.1, 0.15) is 53.9 Å². The number of carbonyl (C=O) groups excluding carboxylic acids is 1. The molecule has 5 unspecified atom stereocenters. The summed E-state index contributed by atoms with van der Waals surface area (Å²) in [6.45, 7) is 12.6. The van der Waals surface area contributed by atoms with Gasteiger partial charge in [0.1, 0.15) is 6.61 Å². The van der Waals surface area contributed by atoms with E-state index in [-0.39, 0.29) is 17.6 Å². The Kier molecular flexibility index (Phi) is 7.12. The van der Waals surface area contributed by atoms with Crippen LogP contribution in [-0.2, 0) is 9.47 Å². The predicted octanol–water partition coefficient (Wildman–Crippen LogP) is 4.71. The number of ether oxygens (including phenoxy) is 2. The van der Waals surface area contributed by atoms with E-state index in [1.54, 1.807) is 0 Å². The molecule has 4 heteroatoms. The summed E-state index contributed by atoms with van der Waals surface area (Å²) >= 11 is 0. The lowest BCUT2D eigenvalue weighted by molar-refractivity contribution is -0.149. The van der Waals surface area contributed by atoms with E-state index in [0.717, 1.165) is 19.3 Å². The van der Waals surface area contributed by atoms with Gasteiger partial charge in [0.25, 0.3) is 0 Å². The zero-order valence-corrected chi connectivity index (χ0v) is 16.5. The second kappa shape index (κ2) is 8.88. The van der Waals surface area contributed by atoms with Gasteiger partial charge in [-0.25, -0.2) is 4.79 Å². The molecule has 1 aliphatic heterocycles. The summed E-state index contributed by atoms with van der Waals surface area (Å²) in [6.07, 6.45) is 9.67. The summed E-state index contributed by atoms with van der Waals surface area (Å²) in [5.41, 5.74) is 1.26. The van der Waals surface area contributed by atoms with Crippen LogP contribution in [-0.4, -0.2) is 32.0 Å². The number of nitrogens with one attached hydrogen (secondary N) is 1. The van der Waals surface area contributed by atoms with Crippen LogP contribution < -0.4 is 5.32 Å². The van der Waals surface area contributed by atoms with Crippen molar-refractivity contribution < 1.29 is 14.3 Å². The second-order valence-electron chi connectivity index (χ2n) is 7.76. The molecule has 0 radical (unpaired) electrons. The minimum atomic E-state index is -0.303. The summed E-state index contributed by atoms with van der Waals surface area (Å²) in [6, 6.07) is 0. The average Bonchev–Trinajstić information content (AvgIpc) is 2.57. The summed E-state index contributed by atoms with van der Waals surface area (Å²) < 4.78 is 11.8. The summed E-state index contributed by atoms with van der Waals surface area (Å²) in [5, 5.41) is 2.87. The molecular weight excluding hydrogens is 314 g/mol. The average molecular weight is 350 g/mol. The number of carbonyl (C=O) groups is 1. The Labute approximate surface area is 153 Å². The number of unbranched alkanes of at least 4 members (excludes halogenated alkanes) is 2. The van der Waals surface area contributed by atoms with Crippen molar-refractivity contribution in [2.75, 3.05) is 19.8 Å². The first-order valence-corrected chi connectivity index (χ1v) is 9.79. The van der Waals surface area contributed by atoms with E-state index >= 15 is 0 Å². The standard InChI is InChI=1S/C21H35NO3/c1-6-8-9-11-22-20(23)25-14-21-13-24-18(10-7-2)19(17(21)5)15(3)12-16(21)4/h7,10,12,16-19H,6,8-9,11,13-14H2,1-5H3,(H,22,23). The fourth-order valence-electron chi connectivity index (χ4n) is 4.49. The van der Waals surface area contributed by atoms with Crippen molar-refractivity contribution in [3.05, 3.63) is 23.8 Å². The van der Waals surface area contributed by atoms with Gasteiger partial charge in [-0.15, -0.1) is 0 Å². The molecule has 2 rings (SSSR count). The fourth-order valence-corrected chi connectivity index (χ4v) is 4.49. The lowest BCUT2D eigenvalue weighted by atomic mass is 9.56. The highest BCUT2D eigenvalue weighted by molar-refractivity contribution is 5.67. The van der Waals surface area contributed by atoms with Crippen LogP contribution in [0.5, 0.6) is 0 Å². The van der Waals surface area contributed by atoms with Gasteiger partial charge in [-0.05, 0) is 32.1 Å². The van der Waals surface area contributed by atoms with Gasteiger partial charge in [-0.3, -0.25) is 0 Å². The SMILES string of the molecule is CC=CC1OCC2(COC(=O)NCCCCC)C(C)C=C(C)C1C2C. The van der Waals surface area contributed by atoms with Crippen LogP contribution >= 0.6 is 0 Å². The molecule has 0 aromatic rings. The molecule has 2 aliphatic rings. The van der Waals surface area contributed by atoms with E-state index < -0.39 is 0 Å². The summed E-state index contributed by atoms with van der Waals surface area (Å²) in [7, 11) is 0. The Hall–Kier alpha value is -1.29. The Balaban J connectivity index is 2.02. The minimum Gasteiger partial charge on any atom is -0.449 e. The maximum absolute atomic E-state index is 12.1. The van der Waals surface area contributed by atoms with E-state index in [9.17, 15) is 4.79 Å². The zero-order valence-electron chi connectivity index (χ0n) is 16.5. The third kappa shape index (κ3) is 4.28. The molecule has 25 heavy (non-hydrogen) atoms. The van der Waals surface area contributed by atoms with E-state index in [2.05, 4.69) is 51.2 Å². The Morgan fingerprint density at radius 2 is 2.20 bits per heavy atom. The molecule has 0 spiro atoms. The van der Waals surface area contributed by atoms with Gasteiger partial charge in [0, 0.05) is 17.9 Å². The molecule has 0 aromatic carbocycles. The van der Waals surface area contributed by atoms with Gasteiger partial charge in [0.2, 0.25) is 0 Å². The van der Waals surface area contributed by atoms with Gasteiger partial charge in [-0.2, -0.15) is 0 Å². The van der Waals surface area contributed by atoms with Crippen LogP contribution in [0.2, 0.25) is 0 Å². The molecule has 1 N–H and O–H groups in total. The lowest BCUT2D eigenvalue weighted by Gasteiger charge is -2.54. The molecule has 1 fully saturated rings. The van der Waals surface area contributed by atoms with Crippen LogP contribution in [0, 0.1) is 23.2 Å². The zero-order chi connectivity index (χ0) is 18.4. The maximum Gasteiger partial charge on any atom is 0.407 e. The lowest BCUT2D eigenvalue weighted by Crippen LogP contribution is -2.56. The summed E-state index contributed by atoms with van der Waals surface area (Å²) in [5.74, 6) is 1.10. The number of fused-ring (bicyclic) bond motifs is 2. The second-order valence-corrected chi connectivity index (χ2v) is 7.76. The molecule has 4 nitrogen and oxygen atoms in total. The normalized spacial score (nSPS) is 34.7. The molecule has 1 aliphatic carbocycles. The van der Waals surface area contributed by atoms with E-state index in [1.165, 1.54) is 5.57 Å². The van der Waals surface area contributed by atoms with Crippen LogP contribution in [0.4, 0.5) is 4.79 Å². The number of hydrogen-bond donors (Lipinski definition) is 1.